The van der Waals surface area contributed by atoms with Crippen LogP contribution in [0.1, 0.15) is 0 Å². The van der Waals surface area contributed by atoms with Crippen LogP contribution in [0.25, 0.3) is 0 Å². The molecule has 2 aromatic carbocycles. The number of rotatable bonds is 2. The van der Waals surface area contributed by atoms with E-state index in [0.29, 0.717) is 10.7 Å². The molecule has 0 saturated heterocycles. The van der Waals surface area contributed by atoms with Crippen molar-refractivity contribution in [3.8, 4) is 5.75 Å². The molecule has 0 unspecified atom stereocenters. The lowest BCUT2D eigenvalue weighted by Gasteiger charge is -2.10. The van der Waals surface area contributed by atoms with Crippen LogP contribution in [-0.2, 0) is 0 Å². The Hall–Kier alpha value is -1.47. The number of urea groups is 1. The topological polar surface area (TPSA) is 61.4 Å². The third kappa shape index (κ3) is 3.74. The van der Waals surface area contributed by atoms with Crippen LogP contribution < -0.4 is 10.6 Å². The number of anilines is 2. The van der Waals surface area contributed by atoms with Crippen LogP contribution in [0.15, 0.2) is 42.5 Å². The Labute approximate surface area is 128 Å². The SMILES string of the molecule is O=C(Nc1cc(Cl)ccc1O)Nc1ccccc1I. The second-order valence-electron chi connectivity index (χ2n) is 3.72. The molecule has 0 bridgehead atoms. The highest BCUT2D eigenvalue weighted by Crippen LogP contribution is 2.26. The summed E-state index contributed by atoms with van der Waals surface area (Å²) >= 11 is 7.93. The van der Waals surface area contributed by atoms with Crippen molar-refractivity contribution >= 4 is 51.6 Å². The number of para-hydroxylation sites is 1. The van der Waals surface area contributed by atoms with Crippen LogP contribution in [0, 0.1) is 3.57 Å². The molecule has 4 nitrogen and oxygen atoms in total. The first-order valence-corrected chi connectivity index (χ1v) is 6.83. The van der Waals surface area contributed by atoms with Crippen molar-refractivity contribution in [2.45, 2.75) is 0 Å². The first kappa shape index (κ1) is 14.0. The number of carbonyl (C=O) groups is 1. The maximum Gasteiger partial charge on any atom is 0.323 e. The van der Waals surface area contributed by atoms with E-state index in [2.05, 4.69) is 33.2 Å². The van der Waals surface area contributed by atoms with Gasteiger partial charge in [-0.3, -0.25) is 0 Å². The molecule has 2 rings (SSSR count). The van der Waals surface area contributed by atoms with Gasteiger partial charge in [0.1, 0.15) is 5.75 Å². The molecule has 0 aliphatic rings. The van der Waals surface area contributed by atoms with E-state index >= 15 is 0 Å². The van der Waals surface area contributed by atoms with Crippen molar-refractivity contribution in [2.75, 3.05) is 10.6 Å². The normalized spacial score (nSPS) is 10.0. The van der Waals surface area contributed by atoms with Gasteiger partial charge in [-0.1, -0.05) is 23.7 Å². The van der Waals surface area contributed by atoms with E-state index in [1.807, 2.05) is 18.2 Å². The van der Waals surface area contributed by atoms with Gasteiger partial charge in [0, 0.05) is 8.59 Å². The van der Waals surface area contributed by atoms with E-state index in [9.17, 15) is 9.90 Å². The molecule has 0 atom stereocenters. The van der Waals surface area contributed by atoms with E-state index in [0.717, 1.165) is 3.57 Å². The molecule has 19 heavy (non-hydrogen) atoms. The second-order valence-corrected chi connectivity index (χ2v) is 5.32. The number of hydrogen-bond donors (Lipinski definition) is 3. The summed E-state index contributed by atoms with van der Waals surface area (Å²) in [5.41, 5.74) is 0.957. The van der Waals surface area contributed by atoms with E-state index in [4.69, 9.17) is 11.6 Å². The minimum Gasteiger partial charge on any atom is -0.506 e. The molecule has 2 aromatic rings. The van der Waals surface area contributed by atoms with E-state index in [1.165, 1.54) is 12.1 Å². The fourth-order valence-electron chi connectivity index (χ4n) is 1.45. The molecule has 0 aliphatic carbocycles. The van der Waals surface area contributed by atoms with Gasteiger partial charge in [0.2, 0.25) is 0 Å². The Morgan fingerprint density at radius 3 is 2.53 bits per heavy atom. The lowest BCUT2D eigenvalue weighted by atomic mass is 10.3. The zero-order chi connectivity index (χ0) is 13.8. The van der Waals surface area contributed by atoms with Crippen molar-refractivity contribution in [3.05, 3.63) is 51.1 Å². The number of benzene rings is 2. The average molecular weight is 389 g/mol. The quantitative estimate of drug-likeness (QED) is 0.531. The first-order chi connectivity index (χ1) is 9.06. The highest BCUT2D eigenvalue weighted by atomic mass is 127. The van der Waals surface area contributed by atoms with Crippen molar-refractivity contribution in [3.63, 3.8) is 0 Å². The van der Waals surface area contributed by atoms with Crippen LogP contribution >= 0.6 is 34.2 Å². The predicted octanol–water partition coefficient (Wildman–Crippen LogP) is 4.29. The molecular formula is C13H10ClIN2O2. The summed E-state index contributed by atoms with van der Waals surface area (Å²) in [5, 5.41) is 15.3. The number of phenolic OH excluding ortho intramolecular Hbond substituents is 1. The maximum absolute atomic E-state index is 11.8. The van der Waals surface area contributed by atoms with Crippen LogP contribution in [0.2, 0.25) is 5.02 Å². The molecule has 0 aromatic heterocycles. The molecule has 2 amide bonds. The first-order valence-electron chi connectivity index (χ1n) is 5.37. The van der Waals surface area contributed by atoms with Gasteiger partial charge in [-0.2, -0.15) is 0 Å². The molecule has 0 saturated carbocycles. The molecule has 0 aliphatic heterocycles. The van der Waals surface area contributed by atoms with Crippen molar-refractivity contribution in [2.24, 2.45) is 0 Å². The lowest BCUT2D eigenvalue weighted by molar-refractivity contribution is 0.262. The Balaban J connectivity index is 2.10. The Kier molecular flexibility index (Phi) is 4.49. The summed E-state index contributed by atoms with van der Waals surface area (Å²) in [4.78, 5) is 11.8. The summed E-state index contributed by atoms with van der Waals surface area (Å²) in [6.45, 7) is 0. The summed E-state index contributed by atoms with van der Waals surface area (Å²) in [6.07, 6.45) is 0. The highest BCUT2D eigenvalue weighted by molar-refractivity contribution is 14.1. The van der Waals surface area contributed by atoms with Gasteiger partial charge in [0.05, 0.1) is 11.4 Å². The number of carbonyl (C=O) groups excluding carboxylic acids is 1. The van der Waals surface area contributed by atoms with Gasteiger partial charge in [-0.25, -0.2) is 4.79 Å². The molecule has 0 spiro atoms. The number of amides is 2. The minimum absolute atomic E-state index is 0.0395. The third-order valence-corrected chi connectivity index (χ3v) is 3.50. The van der Waals surface area contributed by atoms with E-state index in [-0.39, 0.29) is 11.4 Å². The molecule has 6 heteroatoms. The second kappa shape index (κ2) is 6.12. The van der Waals surface area contributed by atoms with Crippen LogP contribution in [0.4, 0.5) is 16.2 Å². The smallest absolute Gasteiger partial charge is 0.323 e. The molecule has 0 fully saturated rings. The van der Waals surface area contributed by atoms with Gasteiger partial charge in [0.15, 0.2) is 0 Å². The van der Waals surface area contributed by atoms with E-state index in [1.54, 1.807) is 12.1 Å². The van der Waals surface area contributed by atoms with Crippen molar-refractivity contribution in [1.29, 1.82) is 0 Å². The summed E-state index contributed by atoms with van der Waals surface area (Å²) in [5.74, 6) is -0.0395. The Morgan fingerprint density at radius 1 is 1.11 bits per heavy atom. The van der Waals surface area contributed by atoms with Crippen LogP contribution in [0.5, 0.6) is 5.75 Å². The lowest BCUT2D eigenvalue weighted by Crippen LogP contribution is -2.20. The van der Waals surface area contributed by atoms with Gasteiger partial charge in [-0.05, 0) is 52.9 Å². The zero-order valence-electron chi connectivity index (χ0n) is 9.65. The maximum atomic E-state index is 11.8. The number of nitrogens with one attached hydrogen (secondary N) is 2. The fourth-order valence-corrected chi connectivity index (χ4v) is 2.14. The average Bonchev–Trinajstić information content (AvgIpc) is 2.37. The molecule has 0 heterocycles. The number of halogens is 2. The number of phenols is 1. The molecule has 98 valence electrons. The molecule has 0 radical (unpaired) electrons. The van der Waals surface area contributed by atoms with Crippen molar-refractivity contribution < 1.29 is 9.90 Å². The standard InChI is InChI=1S/C13H10ClIN2O2/c14-8-5-6-12(18)11(7-8)17-13(19)16-10-4-2-1-3-9(10)15/h1-7,18H,(H2,16,17,19). The minimum atomic E-state index is -0.443. The monoisotopic (exact) mass is 388 g/mol. The molecular weight excluding hydrogens is 379 g/mol. The highest BCUT2D eigenvalue weighted by Gasteiger charge is 2.08. The number of hydrogen-bond acceptors (Lipinski definition) is 2. The fraction of sp³-hybridized carbons (Fsp3) is 0. The molecule has 3 N–H and O–H groups in total. The van der Waals surface area contributed by atoms with E-state index < -0.39 is 6.03 Å². The van der Waals surface area contributed by atoms with Crippen molar-refractivity contribution in [1.82, 2.24) is 0 Å². The number of aromatic hydroxyl groups is 1. The zero-order valence-corrected chi connectivity index (χ0v) is 12.6. The summed E-state index contributed by atoms with van der Waals surface area (Å²) in [7, 11) is 0. The Morgan fingerprint density at radius 2 is 1.79 bits per heavy atom. The van der Waals surface area contributed by atoms with Crippen LogP contribution in [0.3, 0.4) is 0 Å². The van der Waals surface area contributed by atoms with Gasteiger partial charge in [0.25, 0.3) is 0 Å². The van der Waals surface area contributed by atoms with Crippen LogP contribution in [-0.4, -0.2) is 11.1 Å². The predicted molar refractivity (Wildman–Crippen MR) is 84.9 cm³/mol. The largest absolute Gasteiger partial charge is 0.506 e. The summed E-state index contributed by atoms with van der Waals surface area (Å²) in [6, 6.07) is 11.4. The Bertz CT molecular complexity index is 619. The third-order valence-electron chi connectivity index (χ3n) is 2.33. The van der Waals surface area contributed by atoms with Gasteiger partial charge in [-0.15, -0.1) is 0 Å². The summed E-state index contributed by atoms with van der Waals surface area (Å²) < 4.78 is 0.922. The van der Waals surface area contributed by atoms with Gasteiger partial charge < -0.3 is 15.7 Å². The van der Waals surface area contributed by atoms with Gasteiger partial charge >= 0.3 is 6.03 Å².